The fourth-order valence-corrected chi connectivity index (χ4v) is 2.19. The lowest BCUT2D eigenvalue weighted by Crippen LogP contribution is -2.48. The molecule has 0 radical (unpaired) electrons. The molecular weight excluding hydrogens is 342 g/mol. The second-order valence-corrected chi connectivity index (χ2v) is 5.19. The minimum Gasteiger partial charge on any atom is -0.493 e. The smallest absolute Gasteiger partial charge is 0.340 e. The molecule has 8 heteroatoms. The Kier molecular flexibility index (Phi) is 8.97. The summed E-state index contributed by atoms with van der Waals surface area (Å²) in [7, 11) is 3.06. The number of nitrogens with one attached hydrogen (secondary N) is 1. The first-order valence-corrected chi connectivity index (χ1v) is 8.30. The highest BCUT2D eigenvalue weighted by molar-refractivity contribution is 6.02. The first-order chi connectivity index (χ1) is 12.5. The zero-order valence-corrected chi connectivity index (χ0v) is 15.5. The Hall–Kier alpha value is -2.77. The molecule has 1 amide bonds. The maximum atomic E-state index is 12.1. The van der Waals surface area contributed by atoms with Crippen LogP contribution in [0.3, 0.4) is 0 Å². The molecule has 1 aromatic rings. The van der Waals surface area contributed by atoms with Gasteiger partial charge in [0.2, 0.25) is 11.9 Å². The Morgan fingerprint density at radius 1 is 0.962 bits per heavy atom. The van der Waals surface area contributed by atoms with Crippen molar-refractivity contribution in [3.63, 3.8) is 0 Å². The number of benzene rings is 1. The second kappa shape index (κ2) is 11.0. The van der Waals surface area contributed by atoms with E-state index in [0.717, 1.165) is 5.56 Å². The van der Waals surface area contributed by atoms with Crippen LogP contribution in [0, 0.1) is 0 Å². The quantitative estimate of drug-likeness (QED) is 0.491. The topological polar surface area (TPSA) is 100 Å². The fourth-order valence-electron chi connectivity index (χ4n) is 2.19. The summed E-state index contributed by atoms with van der Waals surface area (Å²) in [6, 6.07) is 3.85. The van der Waals surface area contributed by atoms with Crippen molar-refractivity contribution in [2.45, 2.75) is 32.7 Å². The van der Waals surface area contributed by atoms with Crippen molar-refractivity contribution < 1.29 is 33.3 Å². The SMILES string of the molecule is CCOC(=O)C(NC(=O)CCc1ccc(OC)c(OC)c1)C(=O)OCC. The number of esters is 2. The third kappa shape index (κ3) is 6.27. The second-order valence-electron chi connectivity index (χ2n) is 5.19. The third-order valence-corrected chi connectivity index (χ3v) is 3.44. The molecule has 0 aromatic heterocycles. The number of aryl methyl sites for hydroxylation is 1. The van der Waals surface area contributed by atoms with Gasteiger partial charge in [0.1, 0.15) is 0 Å². The fraction of sp³-hybridized carbons (Fsp3) is 0.500. The number of hydrogen-bond acceptors (Lipinski definition) is 7. The monoisotopic (exact) mass is 367 g/mol. The summed E-state index contributed by atoms with van der Waals surface area (Å²) in [5, 5.41) is 2.36. The number of amides is 1. The molecule has 0 bridgehead atoms. The Bertz CT molecular complexity index is 612. The zero-order valence-electron chi connectivity index (χ0n) is 15.5. The Morgan fingerprint density at radius 2 is 1.54 bits per heavy atom. The van der Waals surface area contributed by atoms with E-state index in [1.165, 1.54) is 14.2 Å². The van der Waals surface area contributed by atoms with Crippen molar-refractivity contribution in [3.8, 4) is 11.5 Å². The molecular formula is C18H25NO7. The van der Waals surface area contributed by atoms with Gasteiger partial charge in [-0.25, -0.2) is 9.59 Å². The van der Waals surface area contributed by atoms with Crippen molar-refractivity contribution in [3.05, 3.63) is 23.8 Å². The van der Waals surface area contributed by atoms with E-state index in [0.29, 0.717) is 17.9 Å². The van der Waals surface area contributed by atoms with E-state index in [2.05, 4.69) is 5.32 Å². The summed E-state index contributed by atoms with van der Waals surface area (Å²) in [6.45, 7) is 3.41. The predicted molar refractivity (Wildman–Crippen MR) is 93.1 cm³/mol. The Balaban J connectivity index is 2.70. The van der Waals surface area contributed by atoms with Crippen LogP contribution in [-0.4, -0.2) is 51.3 Å². The number of carbonyl (C=O) groups excluding carboxylic acids is 3. The van der Waals surface area contributed by atoms with Gasteiger partial charge in [0.15, 0.2) is 11.5 Å². The van der Waals surface area contributed by atoms with E-state index in [1.54, 1.807) is 26.0 Å². The highest BCUT2D eigenvalue weighted by atomic mass is 16.6. The van der Waals surface area contributed by atoms with Crippen molar-refractivity contribution in [1.29, 1.82) is 0 Å². The molecule has 0 unspecified atom stereocenters. The average molecular weight is 367 g/mol. The Morgan fingerprint density at radius 3 is 2.04 bits per heavy atom. The van der Waals surface area contributed by atoms with Gasteiger partial charge in [-0.1, -0.05) is 6.07 Å². The molecule has 0 saturated carbocycles. The lowest BCUT2D eigenvalue weighted by atomic mass is 10.1. The highest BCUT2D eigenvalue weighted by Crippen LogP contribution is 2.27. The molecule has 1 N–H and O–H groups in total. The number of hydrogen-bond donors (Lipinski definition) is 1. The number of rotatable bonds is 10. The maximum Gasteiger partial charge on any atom is 0.340 e. The third-order valence-electron chi connectivity index (χ3n) is 3.44. The van der Waals surface area contributed by atoms with E-state index >= 15 is 0 Å². The van der Waals surface area contributed by atoms with E-state index in [-0.39, 0.29) is 19.6 Å². The minimum absolute atomic E-state index is 0.0742. The molecule has 0 aliphatic heterocycles. The predicted octanol–water partition coefficient (Wildman–Crippen LogP) is 1.25. The normalized spacial score (nSPS) is 10.2. The Labute approximate surface area is 152 Å². The van der Waals surface area contributed by atoms with Crippen LogP contribution in [0.15, 0.2) is 18.2 Å². The largest absolute Gasteiger partial charge is 0.493 e. The summed E-state index contributed by atoms with van der Waals surface area (Å²) >= 11 is 0. The number of ether oxygens (including phenoxy) is 4. The van der Waals surface area contributed by atoms with Gasteiger partial charge < -0.3 is 24.3 Å². The standard InChI is InChI=1S/C18H25NO7/c1-5-25-17(21)16(18(22)26-6-2)19-15(20)10-8-12-7-9-13(23-3)14(11-12)24-4/h7,9,11,16H,5-6,8,10H2,1-4H3,(H,19,20). The molecule has 0 spiro atoms. The number of methoxy groups -OCH3 is 2. The summed E-state index contributed by atoms with van der Waals surface area (Å²) in [5.41, 5.74) is 0.849. The van der Waals surface area contributed by atoms with Crippen molar-refractivity contribution in [1.82, 2.24) is 5.32 Å². The van der Waals surface area contributed by atoms with Gasteiger partial charge in [0.05, 0.1) is 27.4 Å². The van der Waals surface area contributed by atoms with E-state index in [9.17, 15) is 14.4 Å². The van der Waals surface area contributed by atoms with Crippen molar-refractivity contribution in [2.24, 2.45) is 0 Å². The van der Waals surface area contributed by atoms with Gasteiger partial charge in [-0.05, 0) is 38.0 Å². The van der Waals surface area contributed by atoms with Gasteiger partial charge >= 0.3 is 11.9 Å². The summed E-state index contributed by atoms with van der Waals surface area (Å²) < 4.78 is 20.0. The minimum atomic E-state index is -1.46. The van der Waals surface area contributed by atoms with Crippen LogP contribution in [0.5, 0.6) is 11.5 Å². The van der Waals surface area contributed by atoms with Gasteiger partial charge in [-0.15, -0.1) is 0 Å². The van der Waals surface area contributed by atoms with Crippen LogP contribution >= 0.6 is 0 Å². The first kappa shape index (κ1) is 21.3. The van der Waals surface area contributed by atoms with Crippen LogP contribution < -0.4 is 14.8 Å². The first-order valence-electron chi connectivity index (χ1n) is 8.30. The molecule has 0 heterocycles. The van der Waals surface area contributed by atoms with Crippen LogP contribution in [-0.2, 0) is 30.3 Å². The van der Waals surface area contributed by atoms with E-state index < -0.39 is 23.9 Å². The van der Waals surface area contributed by atoms with E-state index in [4.69, 9.17) is 18.9 Å². The van der Waals surface area contributed by atoms with Gasteiger partial charge in [0, 0.05) is 6.42 Å². The molecule has 1 rings (SSSR count). The molecule has 0 aliphatic rings. The molecule has 144 valence electrons. The van der Waals surface area contributed by atoms with Crippen LogP contribution in [0.2, 0.25) is 0 Å². The van der Waals surface area contributed by atoms with Crippen LogP contribution in [0.1, 0.15) is 25.8 Å². The highest BCUT2D eigenvalue weighted by Gasteiger charge is 2.31. The molecule has 8 nitrogen and oxygen atoms in total. The lowest BCUT2D eigenvalue weighted by Gasteiger charge is -2.16. The van der Waals surface area contributed by atoms with E-state index in [1.807, 2.05) is 6.07 Å². The zero-order chi connectivity index (χ0) is 19.5. The summed E-state index contributed by atoms with van der Waals surface area (Å²) in [5.74, 6) is -1.01. The van der Waals surface area contributed by atoms with Gasteiger partial charge in [-0.3, -0.25) is 4.79 Å². The molecule has 0 fully saturated rings. The molecule has 26 heavy (non-hydrogen) atoms. The lowest BCUT2D eigenvalue weighted by molar-refractivity contribution is -0.159. The van der Waals surface area contributed by atoms with Crippen LogP contribution in [0.25, 0.3) is 0 Å². The molecule has 0 saturated heterocycles. The molecule has 1 aromatic carbocycles. The van der Waals surface area contributed by atoms with Gasteiger partial charge in [-0.2, -0.15) is 0 Å². The average Bonchev–Trinajstić information content (AvgIpc) is 2.64. The van der Waals surface area contributed by atoms with Gasteiger partial charge in [0.25, 0.3) is 0 Å². The van der Waals surface area contributed by atoms with Crippen molar-refractivity contribution >= 4 is 17.8 Å². The summed E-state index contributed by atoms with van der Waals surface area (Å²) in [6.07, 6.45) is 0.468. The number of carbonyl (C=O) groups is 3. The van der Waals surface area contributed by atoms with Crippen molar-refractivity contribution in [2.75, 3.05) is 27.4 Å². The van der Waals surface area contributed by atoms with Crippen LogP contribution in [0.4, 0.5) is 0 Å². The molecule has 0 aliphatic carbocycles. The molecule has 0 atom stereocenters. The maximum absolute atomic E-state index is 12.1. The summed E-state index contributed by atoms with van der Waals surface area (Å²) in [4.78, 5) is 35.8.